The minimum atomic E-state index is 0.276. The van der Waals surface area contributed by atoms with Gasteiger partial charge in [-0.05, 0) is 35.6 Å². The van der Waals surface area contributed by atoms with Gasteiger partial charge in [-0.1, -0.05) is 86.3 Å². The van der Waals surface area contributed by atoms with Crippen LogP contribution < -0.4 is 0 Å². The molecule has 0 aliphatic heterocycles. The van der Waals surface area contributed by atoms with Crippen molar-refractivity contribution in [3.05, 3.63) is 95.8 Å². The Hall–Kier alpha value is -2.81. The molecule has 1 fully saturated rings. The van der Waals surface area contributed by atoms with Crippen LogP contribution in [0.2, 0.25) is 0 Å². The van der Waals surface area contributed by atoms with Crippen molar-refractivity contribution in [1.29, 1.82) is 0 Å². The van der Waals surface area contributed by atoms with Gasteiger partial charge in [0.2, 0.25) is 5.91 Å². The predicted molar refractivity (Wildman–Crippen MR) is 122 cm³/mol. The van der Waals surface area contributed by atoms with E-state index in [1.54, 1.807) is 0 Å². The highest BCUT2D eigenvalue weighted by molar-refractivity contribution is 5.76. The molecule has 3 nitrogen and oxygen atoms in total. The lowest BCUT2D eigenvalue weighted by atomic mass is 10.0. The first-order chi connectivity index (χ1) is 14.8. The summed E-state index contributed by atoms with van der Waals surface area (Å²) in [6, 6.07) is 25.1. The average Bonchev–Trinajstić information content (AvgIpc) is 3.45. The molecule has 1 heterocycles. The van der Waals surface area contributed by atoms with Gasteiger partial charge >= 0.3 is 0 Å². The zero-order valence-corrected chi connectivity index (χ0v) is 17.7. The van der Waals surface area contributed by atoms with E-state index in [0.717, 1.165) is 18.9 Å². The predicted octanol–water partition coefficient (Wildman–Crippen LogP) is 6.04. The quantitative estimate of drug-likeness (QED) is 0.430. The molecule has 4 rings (SSSR count). The molecule has 0 spiro atoms. The van der Waals surface area contributed by atoms with Gasteiger partial charge in [0.1, 0.15) is 0 Å². The molecule has 1 aliphatic rings. The Morgan fingerprint density at radius 1 is 0.833 bits per heavy atom. The van der Waals surface area contributed by atoms with Crippen LogP contribution in [0.1, 0.15) is 55.3 Å². The molecule has 0 saturated heterocycles. The number of amides is 1. The van der Waals surface area contributed by atoms with Crippen LogP contribution in [0.4, 0.5) is 0 Å². The highest BCUT2D eigenvalue weighted by Crippen LogP contribution is 2.29. The fourth-order valence-electron chi connectivity index (χ4n) is 4.54. The molecule has 1 aromatic heterocycles. The van der Waals surface area contributed by atoms with Crippen molar-refractivity contribution in [3.8, 4) is 0 Å². The highest BCUT2D eigenvalue weighted by Gasteiger charge is 2.20. The van der Waals surface area contributed by atoms with E-state index in [1.165, 1.54) is 42.5 Å². The fourth-order valence-corrected chi connectivity index (χ4v) is 4.54. The minimum Gasteiger partial charge on any atom is -0.345 e. The lowest BCUT2D eigenvalue weighted by molar-refractivity contribution is -0.132. The van der Waals surface area contributed by atoms with Crippen LogP contribution in [0.25, 0.3) is 0 Å². The zero-order valence-electron chi connectivity index (χ0n) is 17.7. The molecule has 3 aromatic rings. The van der Waals surface area contributed by atoms with Crippen LogP contribution >= 0.6 is 0 Å². The third-order valence-electron chi connectivity index (χ3n) is 6.28. The second kappa shape index (κ2) is 10.3. The van der Waals surface area contributed by atoms with Gasteiger partial charge in [-0.25, -0.2) is 0 Å². The van der Waals surface area contributed by atoms with E-state index < -0.39 is 0 Å². The number of benzene rings is 2. The first kappa shape index (κ1) is 20.5. The van der Waals surface area contributed by atoms with Gasteiger partial charge in [-0.2, -0.15) is 0 Å². The first-order valence-electron chi connectivity index (χ1n) is 11.3. The summed E-state index contributed by atoms with van der Waals surface area (Å²) in [4.78, 5) is 15.3. The Bertz CT molecular complexity index is 910. The Labute approximate surface area is 180 Å². The minimum absolute atomic E-state index is 0.276. The number of hydrogen-bond acceptors (Lipinski definition) is 1. The number of carbonyl (C=O) groups excluding carboxylic acids is 1. The number of aromatic nitrogens is 1. The van der Waals surface area contributed by atoms with Gasteiger partial charge in [-0.3, -0.25) is 4.79 Å². The van der Waals surface area contributed by atoms with Crippen molar-refractivity contribution >= 4 is 5.91 Å². The van der Waals surface area contributed by atoms with Crippen molar-refractivity contribution in [2.24, 2.45) is 5.92 Å². The van der Waals surface area contributed by atoms with Gasteiger partial charge in [0.15, 0.2) is 0 Å². The van der Waals surface area contributed by atoms with Gasteiger partial charge < -0.3 is 9.47 Å². The Morgan fingerprint density at radius 3 is 2.20 bits per heavy atom. The maximum absolute atomic E-state index is 13.2. The van der Waals surface area contributed by atoms with Crippen LogP contribution in [0.15, 0.2) is 79.0 Å². The van der Waals surface area contributed by atoms with E-state index in [0.29, 0.717) is 19.5 Å². The summed E-state index contributed by atoms with van der Waals surface area (Å²) < 4.78 is 2.26. The SMILES string of the molecule is O=C(CCC1CCCC1)N(Cc1ccccc1)Cc1cccn1Cc1ccccc1. The number of rotatable bonds is 9. The molecule has 156 valence electrons. The van der Waals surface area contributed by atoms with Crippen molar-refractivity contribution in [1.82, 2.24) is 9.47 Å². The molecule has 3 heteroatoms. The molecule has 1 saturated carbocycles. The maximum Gasteiger partial charge on any atom is 0.223 e. The highest BCUT2D eigenvalue weighted by atomic mass is 16.2. The Kier molecular flexibility index (Phi) is 7.02. The van der Waals surface area contributed by atoms with Crippen molar-refractivity contribution < 1.29 is 4.79 Å². The maximum atomic E-state index is 13.2. The first-order valence-corrected chi connectivity index (χ1v) is 11.3. The second-order valence-corrected chi connectivity index (χ2v) is 8.54. The van der Waals surface area contributed by atoms with Gasteiger partial charge in [0, 0.05) is 31.4 Å². The third-order valence-corrected chi connectivity index (χ3v) is 6.28. The fraction of sp³-hybridized carbons (Fsp3) is 0.370. The molecular formula is C27H32N2O. The second-order valence-electron chi connectivity index (χ2n) is 8.54. The van der Waals surface area contributed by atoms with Gasteiger partial charge in [0.25, 0.3) is 0 Å². The summed E-state index contributed by atoms with van der Waals surface area (Å²) >= 11 is 0. The summed E-state index contributed by atoms with van der Waals surface area (Å²) in [6.07, 6.45) is 9.08. The van der Waals surface area contributed by atoms with E-state index >= 15 is 0 Å². The monoisotopic (exact) mass is 400 g/mol. The van der Waals surface area contributed by atoms with Crippen LogP contribution in [-0.2, 0) is 24.4 Å². The number of carbonyl (C=O) groups is 1. The largest absolute Gasteiger partial charge is 0.345 e. The van der Waals surface area contributed by atoms with Gasteiger partial charge in [0.05, 0.1) is 6.54 Å². The molecule has 0 N–H and O–H groups in total. The summed E-state index contributed by atoms with van der Waals surface area (Å²) in [5, 5.41) is 0. The van der Waals surface area contributed by atoms with Crippen LogP contribution in [0.3, 0.4) is 0 Å². The summed E-state index contributed by atoms with van der Waals surface area (Å²) in [5.41, 5.74) is 3.65. The van der Waals surface area contributed by atoms with Crippen LogP contribution in [-0.4, -0.2) is 15.4 Å². The van der Waals surface area contributed by atoms with E-state index in [9.17, 15) is 4.79 Å². The van der Waals surface area contributed by atoms with Crippen molar-refractivity contribution in [3.63, 3.8) is 0 Å². The molecule has 1 amide bonds. The van der Waals surface area contributed by atoms with Crippen molar-refractivity contribution in [2.45, 2.75) is 58.2 Å². The van der Waals surface area contributed by atoms with E-state index in [4.69, 9.17) is 0 Å². The molecule has 1 aliphatic carbocycles. The lowest BCUT2D eigenvalue weighted by Crippen LogP contribution is -2.31. The number of nitrogens with zero attached hydrogens (tertiary/aromatic N) is 2. The standard InChI is InChI=1S/C27H32N2O/c30-27(18-17-23-10-7-8-11-23)29(21-25-14-5-2-6-15-25)22-26-16-9-19-28(26)20-24-12-3-1-4-13-24/h1-6,9,12-16,19,23H,7-8,10-11,17-18,20-22H2. The average molecular weight is 401 g/mol. The zero-order chi connectivity index (χ0) is 20.6. The summed E-state index contributed by atoms with van der Waals surface area (Å²) in [6.45, 7) is 2.15. The third kappa shape index (κ3) is 5.63. The Morgan fingerprint density at radius 2 is 1.50 bits per heavy atom. The van der Waals surface area contributed by atoms with Crippen molar-refractivity contribution in [2.75, 3.05) is 0 Å². The van der Waals surface area contributed by atoms with E-state index in [2.05, 4.69) is 71.4 Å². The normalized spacial score (nSPS) is 14.1. The molecule has 0 unspecified atom stereocenters. The summed E-state index contributed by atoms with van der Waals surface area (Å²) in [7, 11) is 0. The topological polar surface area (TPSA) is 25.2 Å². The molecule has 0 radical (unpaired) electrons. The smallest absolute Gasteiger partial charge is 0.223 e. The molecule has 30 heavy (non-hydrogen) atoms. The molecular weight excluding hydrogens is 368 g/mol. The molecule has 2 aromatic carbocycles. The summed E-state index contributed by atoms with van der Waals surface area (Å²) in [5.74, 6) is 1.02. The van der Waals surface area contributed by atoms with E-state index in [1.807, 2.05) is 17.0 Å². The Balaban J connectivity index is 1.46. The van der Waals surface area contributed by atoms with E-state index in [-0.39, 0.29) is 5.91 Å². The lowest BCUT2D eigenvalue weighted by Gasteiger charge is -2.24. The van der Waals surface area contributed by atoms with Crippen LogP contribution in [0, 0.1) is 5.92 Å². The molecule has 0 atom stereocenters. The van der Waals surface area contributed by atoms with Crippen LogP contribution in [0.5, 0.6) is 0 Å². The number of hydrogen-bond donors (Lipinski definition) is 0. The van der Waals surface area contributed by atoms with Gasteiger partial charge in [-0.15, -0.1) is 0 Å². The molecule has 0 bridgehead atoms.